The number of anilines is 1. The van der Waals surface area contributed by atoms with Crippen LogP contribution in [0.1, 0.15) is 51.2 Å². The number of hydrogen-bond donors (Lipinski definition) is 1. The van der Waals surface area contributed by atoms with Crippen molar-refractivity contribution < 1.29 is 4.74 Å². The second-order valence-electron chi connectivity index (χ2n) is 5.81. The van der Waals surface area contributed by atoms with Crippen LogP contribution in [0, 0.1) is 11.8 Å². The van der Waals surface area contributed by atoms with Crippen molar-refractivity contribution >= 4 is 21.7 Å². The maximum atomic E-state index is 5.63. The van der Waals surface area contributed by atoms with Crippen LogP contribution in [0.25, 0.3) is 0 Å². The van der Waals surface area contributed by atoms with Gasteiger partial charge in [-0.1, -0.05) is 13.8 Å². The molecule has 1 heterocycles. The summed E-state index contributed by atoms with van der Waals surface area (Å²) in [5, 5.41) is 3.31. The van der Waals surface area contributed by atoms with Gasteiger partial charge in [-0.15, -0.1) is 0 Å². The Morgan fingerprint density at radius 2 is 2.05 bits per heavy atom. The van der Waals surface area contributed by atoms with E-state index in [0.717, 1.165) is 34.8 Å². The van der Waals surface area contributed by atoms with Crippen molar-refractivity contribution in [2.45, 2.75) is 46.1 Å². The minimum atomic E-state index is 0.0337. The largest absolute Gasteiger partial charge is 0.373 e. The summed E-state index contributed by atoms with van der Waals surface area (Å²) < 4.78 is 6.61. The molecule has 0 amide bonds. The minimum Gasteiger partial charge on any atom is -0.373 e. The second-order valence-corrected chi connectivity index (χ2v) is 6.61. The van der Waals surface area contributed by atoms with Crippen LogP contribution in [-0.4, -0.2) is 23.6 Å². The fraction of sp³-hybridized carbons (Fsp3) is 0.733. The molecule has 1 saturated carbocycles. The van der Waals surface area contributed by atoms with Gasteiger partial charge in [-0.25, -0.2) is 9.97 Å². The molecule has 1 aromatic heterocycles. The molecule has 5 heteroatoms. The summed E-state index contributed by atoms with van der Waals surface area (Å²) in [6.45, 7) is 7.33. The molecular weight excluding hydrogens is 318 g/mol. The lowest BCUT2D eigenvalue weighted by atomic mass is 10.1. The summed E-state index contributed by atoms with van der Waals surface area (Å²) in [6, 6.07) is 0. The Labute approximate surface area is 129 Å². The zero-order valence-electron chi connectivity index (χ0n) is 12.7. The zero-order valence-corrected chi connectivity index (χ0v) is 14.3. The Bertz CT molecular complexity index is 461. The highest BCUT2D eigenvalue weighted by Crippen LogP contribution is 2.42. The van der Waals surface area contributed by atoms with Crippen molar-refractivity contribution in [3.05, 3.63) is 16.0 Å². The number of halogens is 1. The fourth-order valence-electron chi connectivity index (χ4n) is 2.35. The third-order valence-corrected chi connectivity index (χ3v) is 4.27. The van der Waals surface area contributed by atoms with E-state index in [1.54, 1.807) is 7.11 Å². The Balaban J connectivity index is 2.37. The normalized spacial score (nSPS) is 16.5. The topological polar surface area (TPSA) is 47.0 Å². The van der Waals surface area contributed by atoms with Gasteiger partial charge in [-0.3, -0.25) is 0 Å². The molecule has 112 valence electrons. The van der Waals surface area contributed by atoms with Crippen LogP contribution in [0.3, 0.4) is 0 Å². The van der Waals surface area contributed by atoms with Gasteiger partial charge in [0.2, 0.25) is 0 Å². The SMILES string of the molecule is CCNc1nc(C(OC)C2CC2)nc(CC(C)C)c1Br. The molecule has 0 radical (unpaired) electrons. The molecule has 0 spiro atoms. The molecule has 1 fully saturated rings. The lowest BCUT2D eigenvalue weighted by molar-refractivity contribution is 0.0770. The number of nitrogens with zero attached hydrogens (tertiary/aromatic N) is 2. The van der Waals surface area contributed by atoms with Crippen molar-refractivity contribution in [3.63, 3.8) is 0 Å². The average Bonchev–Trinajstić information content (AvgIpc) is 3.20. The summed E-state index contributed by atoms with van der Waals surface area (Å²) in [4.78, 5) is 9.43. The van der Waals surface area contributed by atoms with Crippen LogP contribution in [-0.2, 0) is 11.2 Å². The van der Waals surface area contributed by atoms with Gasteiger partial charge in [-0.05, 0) is 54.0 Å². The lowest BCUT2D eigenvalue weighted by Crippen LogP contribution is -2.14. The molecule has 1 aliphatic carbocycles. The first-order valence-electron chi connectivity index (χ1n) is 7.39. The summed E-state index contributed by atoms with van der Waals surface area (Å²) in [5.74, 6) is 2.86. The van der Waals surface area contributed by atoms with Crippen LogP contribution in [0.15, 0.2) is 4.47 Å². The lowest BCUT2D eigenvalue weighted by Gasteiger charge is -2.18. The Kier molecular flexibility index (Phi) is 5.38. The minimum absolute atomic E-state index is 0.0337. The molecule has 0 aromatic carbocycles. The summed E-state index contributed by atoms with van der Waals surface area (Å²) >= 11 is 3.64. The van der Waals surface area contributed by atoms with Gasteiger partial charge in [0, 0.05) is 13.7 Å². The molecule has 4 nitrogen and oxygen atoms in total. The predicted octanol–water partition coefficient (Wildman–Crippen LogP) is 3.97. The Morgan fingerprint density at radius 1 is 1.35 bits per heavy atom. The Hall–Kier alpha value is -0.680. The first-order chi connectivity index (χ1) is 9.56. The Morgan fingerprint density at radius 3 is 2.55 bits per heavy atom. The fourth-order valence-corrected chi connectivity index (χ4v) is 2.83. The second kappa shape index (κ2) is 6.85. The smallest absolute Gasteiger partial charge is 0.160 e. The highest BCUT2D eigenvalue weighted by Gasteiger charge is 2.35. The molecule has 1 N–H and O–H groups in total. The van der Waals surface area contributed by atoms with Gasteiger partial charge >= 0.3 is 0 Å². The van der Waals surface area contributed by atoms with E-state index in [9.17, 15) is 0 Å². The summed E-state index contributed by atoms with van der Waals surface area (Å²) in [7, 11) is 1.75. The number of aromatic nitrogens is 2. The van der Waals surface area contributed by atoms with E-state index in [4.69, 9.17) is 9.72 Å². The maximum absolute atomic E-state index is 5.63. The predicted molar refractivity (Wildman–Crippen MR) is 84.9 cm³/mol. The van der Waals surface area contributed by atoms with Crippen LogP contribution in [0.4, 0.5) is 5.82 Å². The van der Waals surface area contributed by atoms with Crippen LogP contribution in [0.2, 0.25) is 0 Å². The molecule has 0 bridgehead atoms. The van der Waals surface area contributed by atoms with Gasteiger partial charge in [0.05, 0.1) is 10.2 Å². The van der Waals surface area contributed by atoms with Gasteiger partial charge in [0.15, 0.2) is 5.82 Å². The number of nitrogens with one attached hydrogen (secondary N) is 1. The molecule has 1 aromatic rings. The highest BCUT2D eigenvalue weighted by molar-refractivity contribution is 9.10. The summed E-state index contributed by atoms with van der Waals surface area (Å²) in [5.41, 5.74) is 1.07. The van der Waals surface area contributed by atoms with E-state index in [-0.39, 0.29) is 6.10 Å². The zero-order chi connectivity index (χ0) is 14.7. The molecule has 2 rings (SSSR count). The number of ether oxygens (including phenoxy) is 1. The van der Waals surface area contributed by atoms with Crippen molar-refractivity contribution in [3.8, 4) is 0 Å². The van der Waals surface area contributed by atoms with E-state index in [1.165, 1.54) is 12.8 Å². The number of rotatable bonds is 7. The molecule has 0 saturated heterocycles. The third-order valence-electron chi connectivity index (χ3n) is 3.44. The molecular formula is C15H24BrN3O. The summed E-state index contributed by atoms with van der Waals surface area (Å²) in [6.07, 6.45) is 3.41. The van der Waals surface area contributed by atoms with Crippen LogP contribution < -0.4 is 5.32 Å². The van der Waals surface area contributed by atoms with Crippen LogP contribution in [0.5, 0.6) is 0 Å². The molecule has 1 atom stereocenters. The van der Waals surface area contributed by atoms with E-state index >= 15 is 0 Å². The first kappa shape index (κ1) is 15.7. The number of methoxy groups -OCH3 is 1. The highest BCUT2D eigenvalue weighted by atomic mass is 79.9. The maximum Gasteiger partial charge on any atom is 0.160 e. The monoisotopic (exact) mass is 341 g/mol. The third kappa shape index (κ3) is 3.70. The van der Waals surface area contributed by atoms with E-state index < -0.39 is 0 Å². The molecule has 20 heavy (non-hydrogen) atoms. The molecule has 1 unspecified atom stereocenters. The van der Waals surface area contributed by atoms with Gasteiger partial charge in [0.25, 0.3) is 0 Å². The quantitative estimate of drug-likeness (QED) is 0.815. The van der Waals surface area contributed by atoms with Gasteiger partial charge in [-0.2, -0.15) is 0 Å². The van der Waals surface area contributed by atoms with Crippen LogP contribution >= 0.6 is 15.9 Å². The first-order valence-corrected chi connectivity index (χ1v) is 8.19. The van der Waals surface area contributed by atoms with Crippen molar-refractivity contribution in [2.75, 3.05) is 19.0 Å². The van der Waals surface area contributed by atoms with Gasteiger partial charge < -0.3 is 10.1 Å². The van der Waals surface area contributed by atoms with Crippen molar-refractivity contribution in [2.24, 2.45) is 11.8 Å². The average molecular weight is 342 g/mol. The van der Waals surface area contributed by atoms with Crippen molar-refractivity contribution in [1.82, 2.24) is 9.97 Å². The van der Waals surface area contributed by atoms with E-state index in [1.807, 2.05) is 0 Å². The molecule has 0 aliphatic heterocycles. The van der Waals surface area contributed by atoms with Gasteiger partial charge in [0.1, 0.15) is 11.9 Å². The van der Waals surface area contributed by atoms with Crippen molar-refractivity contribution in [1.29, 1.82) is 0 Å². The van der Waals surface area contributed by atoms with E-state index in [0.29, 0.717) is 11.8 Å². The molecule has 1 aliphatic rings. The van der Waals surface area contributed by atoms with E-state index in [2.05, 4.69) is 47.0 Å². The number of hydrogen-bond acceptors (Lipinski definition) is 4. The standard InChI is InChI=1S/C15H24BrN3O/c1-5-17-14-12(16)11(8-9(2)3)18-15(19-14)13(20-4)10-6-7-10/h9-10,13H,5-8H2,1-4H3,(H,17,18,19).